The molecule has 29 heavy (non-hydrogen) atoms. The lowest BCUT2D eigenvalue weighted by Crippen LogP contribution is -2.20. The molecule has 0 amide bonds. The number of carbonyl (C=O) groups is 2. The molecule has 2 N–H and O–H groups in total. The highest BCUT2D eigenvalue weighted by Crippen LogP contribution is 2.27. The molecule has 2 aromatic rings. The Bertz CT molecular complexity index is 1160. The summed E-state index contributed by atoms with van der Waals surface area (Å²) in [6.45, 7) is 0. The molecule has 0 saturated carbocycles. The van der Waals surface area contributed by atoms with E-state index in [-0.39, 0.29) is 22.5 Å². The molecule has 10 nitrogen and oxygen atoms in total. The van der Waals surface area contributed by atoms with Crippen LogP contribution < -0.4 is 9.44 Å². The maximum Gasteiger partial charge on any atom is 0.339 e. The Morgan fingerprint density at radius 2 is 1.38 bits per heavy atom. The predicted octanol–water partition coefficient (Wildman–Crippen LogP) is 1.43. The maximum absolute atomic E-state index is 13.0. The highest BCUT2D eigenvalue weighted by atomic mass is 32.2. The average Bonchev–Trinajstić information content (AvgIpc) is 2.66. The van der Waals surface area contributed by atoms with Crippen molar-refractivity contribution in [2.24, 2.45) is 0 Å². The largest absolute Gasteiger partial charge is 0.465 e. The number of hydrogen-bond donors (Lipinski definition) is 2. The third-order valence-electron chi connectivity index (χ3n) is 3.56. The molecule has 0 atom stereocenters. The van der Waals surface area contributed by atoms with Crippen LogP contribution in [0.4, 0.5) is 11.4 Å². The smallest absolute Gasteiger partial charge is 0.339 e. The first-order chi connectivity index (χ1) is 13.5. The number of ether oxygens (including phenoxy) is 2. The number of para-hydroxylation sites is 2. The number of rotatable bonds is 7. The minimum absolute atomic E-state index is 0.0256. The van der Waals surface area contributed by atoms with Gasteiger partial charge in [0.25, 0.3) is 10.0 Å². The summed E-state index contributed by atoms with van der Waals surface area (Å²) in [6.07, 6.45) is 0.910. The van der Waals surface area contributed by atoms with Crippen LogP contribution in [-0.4, -0.2) is 49.2 Å². The van der Waals surface area contributed by atoms with Gasteiger partial charge >= 0.3 is 11.9 Å². The SMILES string of the molecule is COC(=O)c1ccc(C(=O)OC)c(S(=O)(=O)Nc2ccccc2NS(C)(=O)=O)c1. The molecule has 0 unspecified atom stereocenters. The van der Waals surface area contributed by atoms with Crippen molar-refractivity contribution in [2.75, 3.05) is 29.9 Å². The highest BCUT2D eigenvalue weighted by molar-refractivity contribution is 7.93. The van der Waals surface area contributed by atoms with Crippen molar-refractivity contribution in [3.05, 3.63) is 53.6 Å². The molecule has 0 aromatic heterocycles. The Hall–Kier alpha value is -3.12. The van der Waals surface area contributed by atoms with Gasteiger partial charge in [0.15, 0.2) is 0 Å². The second-order valence-electron chi connectivity index (χ2n) is 5.72. The number of carbonyl (C=O) groups excluding carboxylic acids is 2. The first-order valence-electron chi connectivity index (χ1n) is 7.89. The summed E-state index contributed by atoms with van der Waals surface area (Å²) in [5, 5.41) is 0. The lowest BCUT2D eigenvalue weighted by atomic mass is 10.1. The second kappa shape index (κ2) is 8.49. The summed E-state index contributed by atoms with van der Waals surface area (Å²) >= 11 is 0. The van der Waals surface area contributed by atoms with Crippen molar-refractivity contribution in [3.8, 4) is 0 Å². The van der Waals surface area contributed by atoms with Crippen LogP contribution in [0.5, 0.6) is 0 Å². The molecule has 2 aromatic carbocycles. The molecule has 0 saturated heterocycles. The lowest BCUT2D eigenvalue weighted by molar-refractivity contribution is 0.0583. The summed E-state index contributed by atoms with van der Waals surface area (Å²) in [7, 11) is -5.93. The Labute approximate surface area is 167 Å². The Balaban J connectivity index is 2.59. The van der Waals surface area contributed by atoms with E-state index in [1.807, 2.05) is 0 Å². The van der Waals surface area contributed by atoms with Gasteiger partial charge in [-0.3, -0.25) is 9.44 Å². The average molecular weight is 442 g/mol. The van der Waals surface area contributed by atoms with Crippen molar-refractivity contribution in [2.45, 2.75) is 4.90 Å². The van der Waals surface area contributed by atoms with E-state index in [1.165, 1.54) is 30.3 Å². The number of hydrogen-bond acceptors (Lipinski definition) is 8. The van der Waals surface area contributed by atoms with Gasteiger partial charge in [0.2, 0.25) is 10.0 Å². The molecular formula is C17H18N2O8S2. The zero-order valence-corrected chi connectivity index (χ0v) is 17.3. The molecule has 156 valence electrons. The number of nitrogens with one attached hydrogen (secondary N) is 2. The molecule has 12 heteroatoms. The van der Waals surface area contributed by atoms with Crippen molar-refractivity contribution in [1.82, 2.24) is 0 Å². The van der Waals surface area contributed by atoms with Crippen molar-refractivity contribution in [1.29, 1.82) is 0 Å². The van der Waals surface area contributed by atoms with Crippen LogP contribution in [0.25, 0.3) is 0 Å². The molecule has 0 spiro atoms. The number of esters is 2. The minimum atomic E-state index is -4.43. The van der Waals surface area contributed by atoms with E-state index in [1.54, 1.807) is 0 Å². The van der Waals surface area contributed by atoms with E-state index in [4.69, 9.17) is 0 Å². The van der Waals surface area contributed by atoms with Gasteiger partial charge < -0.3 is 9.47 Å². The zero-order valence-electron chi connectivity index (χ0n) is 15.6. The van der Waals surface area contributed by atoms with E-state index < -0.39 is 36.9 Å². The number of benzene rings is 2. The summed E-state index contributed by atoms with van der Waals surface area (Å²) in [5.74, 6) is -1.75. The standard InChI is InChI=1S/C17H18N2O8S2/c1-26-16(20)11-8-9-12(17(21)27-2)15(10-11)29(24,25)19-14-7-5-4-6-13(14)18-28(3,22)23/h4-10,18-19H,1-3H3. The van der Waals surface area contributed by atoms with Crippen LogP contribution in [0, 0.1) is 0 Å². The van der Waals surface area contributed by atoms with Crippen LogP contribution in [0.1, 0.15) is 20.7 Å². The molecule has 0 aliphatic rings. The van der Waals surface area contributed by atoms with Crippen molar-refractivity contribution in [3.63, 3.8) is 0 Å². The fraction of sp³-hybridized carbons (Fsp3) is 0.176. The Morgan fingerprint density at radius 3 is 1.90 bits per heavy atom. The van der Waals surface area contributed by atoms with Crippen LogP contribution in [-0.2, 0) is 29.5 Å². The van der Waals surface area contributed by atoms with Gasteiger partial charge in [0.05, 0.1) is 43.0 Å². The molecule has 0 bridgehead atoms. The Morgan fingerprint density at radius 1 is 0.828 bits per heavy atom. The fourth-order valence-corrected chi connectivity index (χ4v) is 4.21. The zero-order chi connectivity index (χ0) is 21.8. The van der Waals surface area contributed by atoms with Crippen LogP contribution >= 0.6 is 0 Å². The van der Waals surface area contributed by atoms with Gasteiger partial charge in [0, 0.05) is 0 Å². The summed E-state index contributed by atoms with van der Waals surface area (Å²) < 4.78 is 62.6. The van der Waals surface area contributed by atoms with Crippen molar-refractivity contribution >= 4 is 43.4 Å². The van der Waals surface area contributed by atoms with E-state index >= 15 is 0 Å². The summed E-state index contributed by atoms with van der Waals surface area (Å²) in [6, 6.07) is 8.97. The lowest BCUT2D eigenvalue weighted by Gasteiger charge is -2.15. The molecule has 0 aliphatic heterocycles. The number of anilines is 2. The molecule has 0 heterocycles. The van der Waals surface area contributed by atoms with Gasteiger partial charge in [-0.25, -0.2) is 26.4 Å². The number of methoxy groups -OCH3 is 2. The van der Waals surface area contributed by atoms with Crippen molar-refractivity contribution < 1.29 is 35.9 Å². The van der Waals surface area contributed by atoms with Gasteiger partial charge in [-0.1, -0.05) is 12.1 Å². The minimum Gasteiger partial charge on any atom is -0.465 e. The third kappa shape index (κ3) is 5.45. The summed E-state index contributed by atoms with van der Waals surface area (Å²) in [5.41, 5.74) is -0.538. The van der Waals surface area contributed by atoms with E-state index in [9.17, 15) is 26.4 Å². The molecular weight excluding hydrogens is 424 g/mol. The van der Waals surface area contributed by atoms with Crippen LogP contribution in [0.15, 0.2) is 47.4 Å². The molecule has 0 radical (unpaired) electrons. The van der Waals surface area contributed by atoms with Gasteiger partial charge in [0.1, 0.15) is 4.90 Å². The van der Waals surface area contributed by atoms with Crippen LogP contribution in [0.2, 0.25) is 0 Å². The summed E-state index contributed by atoms with van der Waals surface area (Å²) in [4.78, 5) is 23.3. The topological polar surface area (TPSA) is 145 Å². The van der Waals surface area contributed by atoms with E-state index in [2.05, 4.69) is 18.9 Å². The Kier molecular flexibility index (Phi) is 6.49. The number of sulfonamides is 2. The monoisotopic (exact) mass is 442 g/mol. The second-order valence-corrected chi connectivity index (χ2v) is 9.12. The molecule has 0 fully saturated rings. The van der Waals surface area contributed by atoms with Gasteiger partial charge in [-0.15, -0.1) is 0 Å². The third-order valence-corrected chi connectivity index (χ3v) is 5.56. The first-order valence-corrected chi connectivity index (χ1v) is 11.3. The normalized spacial score (nSPS) is 11.4. The van der Waals surface area contributed by atoms with Crippen LogP contribution in [0.3, 0.4) is 0 Å². The van der Waals surface area contributed by atoms with E-state index in [0.717, 1.165) is 32.6 Å². The first kappa shape index (κ1) is 22.2. The highest BCUT2D eigenvalue weighted by Gasteiger charge is 2.26. The quantitative estimate of drug-likeness (QED) is 0.613. The van der Waals surface area contributed by atoms with Gasteiger partial charge in [-0.05, 0) is 30.3 Å². The fourth-order valence-electron chi connectivity index (χ4n) is 2.33. The molecule has 0 aliphatic carbocycles. The van der Waals surface area contributed by atoms with E-state index in [0.29, 0.717) is 0 Å². The predicted molar refractivity (Wildman–Crippen MR) is 105 cm³/mol. The van der Waals surface area contributed by atoms with Gasteiger partial charge in [-0.2, -0.15) is 0 Å². The molecule has 2 rings (SSSR count). The maximum atomic E-state index is 13.0.